The summed E-state index contributed by atoms with van der Waals surface area (Å²) < 4.78 is 55.6. The van der Waals surface area contributed by atoms with E-state index in [0.29, 0.717) is 37.7 Å². The monoisotopic (exact) mass is 474 g/mol. The van der Waals surface area contributed by atoms with Gasteiger partial charge in [0.05, 0.1) is 17.6 Å². The Morgan fingerprint density at radius 3 is 2.35 bits per heavy atom. The predicted molar refractivity (Wildman–Crippen MR) is 119 cm³/mol. The molecular formula is C24H26F4N6. The molecule has 0 bridgehead atoms. The van der Waals surface area contributed by atoms with Gasteiger partial charge in [0.15, 0.2) is 5.82 Å². The molecule has 0 amide bonds. The van der Waals surface area contributed by atoms with Crippen molar-refractivity contribution < 1.29 is 17.6 Å². The van der Waals surface area contributed by atoms with Crippen LogP contribution in [-0.2, 0) is 6.18 Å². The number of hydrogen-bond donors (Lipinski definition) is 0. The largest absolute Gasteiger partial charge is 0.416 e. The Kier molecular flexibility index (Phi) is 6.24. The molecule has 6 nitrogen and oxygen atoms in total. The molecule has 2 aliphatic rings. The lowest BCUT2D eigenvalue weighted by Gasteiger charge is -2.40. The van der Waals surface area contributed by atoms with Crippen molar-refractivity contribution in [3.63, 3.8) is 0 Å². The minimum absolute atomic E-state index is 0.229. The summed E-state index contributed by atoms with van der Waals surface area (Å²) in [5.74, 6) is 0.356. The topological polar surface area (TPSA) is 50.1 Å². The lowest BCUT2D eigenvalue weighted by Crippen LogP contribution is -2.48. The molecule has 2 fully saturated rings. The van der Waals surface area contributed by atoms with Crippen molar-refractivity contribution in [2.45, 2.75) is 43.9 Å². The van der Waals surface area contributed by atoms with Gasteiger partial charge in [-0.25, -0.2) is 9.07 Å². The molecule has 10 heteroatoms. The number of benzene rings is 2. The van der Waals surface area contributed by atoms with Crippen LogP contribution < -0.4 is 4.90 Å². The first kappa shape index (κ1) is 22.8. The van der Waals surface area contributed by atoms with Gasteiger partial charge in [-0.3, -0.25) is 4.90 Å². The highest BCUT2D eigenvalue weighted by Crippen LogP contribution is 2.36. The zero-order valence-electron chi connectivity index (χ0n) is 18.6. The molecule has 2 aromatic carbocycles. The van der Waals surface area contributed by atoms with Crippen LogP contribution in [0.4, 0.5) is 23.2 Å². The average Bonchev–Trinajstić information content (AvgIpc) is 3.52. The summed E-state index contributed by atoms with van der Waals surface area (Å²) in [6, 6.07) is 11.8. The minimum Gasteiger partial charge on any atom is -0.369 e. The van der Waals surface area contributed by atoms with Gasteiger partial charge in [-0.1, -0.05) is 31.0 Å². The zero-order valence-corrected chi connectivity index (χ0v) is 18.6. The molecule has 3 aromatic rings. The highest BCUT2D eigenvalue weighted by atomic mass is 19.4. The van der Waals surface area contributed by atoms with Gasteiger partial charge in [0.1, 0.15) is 5.82 Å². The number of tetrazole rings is 1. The van der Waals surface area contributed by atoms with Crippen molar-refractivity contribution in [1.29, 1.82) is 0 Å². The van der Waals surface area contributed by atoms with Gasteiger partial charge in [0.25, 0.3) is 0 Å². The Hall–Kier alpha value is -3.01. The van der Waals surface area contributed by atoms with E-state index in [-0.39, 0.29) is 17.9 Å². The van der Waals surface area contributed by atoms with Crippen LogP contribution in [0.1, 0.15) is 54.7 Å². The minimum atomic E-state index is -4.38. The third-order valence-electron chi connectivity index (χ3n) is 6.82. The highest BCUT2D eigenvalue weighted by Gasteiger charge is 2.34. The van der Waals surface area contributed by atoms with Crippen molar-refractivity contribution in [3.05, 3.63) is 71.3 Å². The van der Waals surface area contributed by atoms with E-state index in [1.54, 1.807) is 12.1 Å². The number of rotatable bonds is 5. The summed E-state index contributed by atoms with van der Waals surface area (Å²) in [6.07, 6.45) is -0.0966. The Bertz CT molecular complexity index is 1120. The fourth-order valence-electron chi connectivity index (χ4n) is 5.11. The fourth-order valence-corrected chi connectivity index (χ4v) is 5.11. The standard InChI is InChI=1S/C24H26F4N6/c25-19-7-3-5-17(15-19)22(23-29-30-31-34(23)20-8-1-2-9-20)33-13-11-32(12-14-33)21-10-4-6-18(16-21)24(26,27)28/h3-7,10,15-16,20,22H,1-2,8-9,11-14H2/t22-/m1/s1. The van der Waals surface area contributed by atoms with Gasteiger partial charge in [-0.2, -0.15) is 13.2 Å². The Morgan fingerprint density at radius 2 is 1.65 bits per heavy atom. The quantitative estimate of drug-likeness (QED) is 0.495. The Morgan fingerprint density at radius 1 is 0.912 bits per heavy atom. The van der Waals surface area contributed by atoms with Gasteiger partial charge in [-0.05, 0) is 59.2 Å². The van der Waals surface area contributed by atoms with E-state index in [4.69, 9.17) is 0 Å². The van der Waals surface area contributed by atoms with Crippen molar-refractivity contribution in [1.82, 2.24) is 25.1 Å². The lowest BCUT2D eigenvalue weighted by molar-refractivity contribution is -0.137. The molecule has 0 N–H and O–H groups in total. The van der Waals surface area contributed by atoms with Gasteiger partial charge >= 0.3 is 6.18 Å². The number of hydrogen-bond acceptors (Lipinski definition) is 5. The van der Waals surface area contributed by atoms with Crippen LogP contribution in [-0.4, -0.2) is 51.3 Å². The second kappa shape index (κ2) is 9.32. The van der Waals surface area contributed by atoms with Crippen LogP contribution in [0.2, 0.25) is 0 Å². The first-order valence-corrected chi connectivity index (χ1v) is 11.6. The van der Waals surface area contributed by atoms with E-state index in [1.165, 1.54) is 24.3 Å². The van der Waals surface area contributed by atoms with Gasteiger partial charge < -0.3 is 4.90 Å². The van der Waals surface area contributed by atoms with Crippen molar-refractivity contribution in [2.24, 2.45) is 0 Å². The normalized spacial score (nSPS) is 19.0. The summed E-state index contributed by atoms with van der Waals surface area (Å²) in [5.41, 5.74) is 0.662. The summed E-state index contributed by atoms with van der Waals surface area (Å²) >= 11 is 0. The molecule has 1 saturated carbocycles. The van der Waals surface area contributed by atoms with Crippen LogP contribution >= 0.6 is 0 Å². The van der Waals surface area contributed by atoms with Crippen LogP contribution in [0.3, 0.4) is 0 Å². The highest BCUT2D eigenvalue weighted by molar-refractivity contribution is 5.49. The molecule has 0 spiro atoms. The van der Waals surface area contributed by atoms with E-state index in [9.17, 15) is 17.6 Å². The predicted octanol–water partition coefficient (Wildman–Crippen LogP) is 4.86. The van der Waals surface area contributed by atoms with Crippen LogP contribution in [0, 0.1) is 5.82 Å². The number of piperazine rings is 1. The molecule has 1 aliphatic carbocycles. The fraction of sp³-hybridized carbons (Fsp3) is 0.458. The number of nitrogens with zero attached hydrogens (tertiary/aromatic N) is 6. The lowest BCUT2D eigenvalue weighted by atomic mass is 10.0. The third-order valence-corrected chi connectivity index (χ3v) is 6.82. The maximum Gasteiger partial charge on any atom is 0.416 e. The van der Waals surface area contributed by atoms with Gasteiger partial charge in [-0.15, -0.1) is 5.10 Å². The Labute approximate surface area is 195 Å². The zero-order chi connectivity index (χ0) is 23.7. The van der Waals surface area contributed by atoms with E-state index in [2.05, 4.69) is 20.4 Å². The second-order valence-corrected chi connectivity index (χ2v) is 8.95. The molecule has 1 aromatic heterocycles. The molecule has 2 heterocycles. The second-order valence-electron chi connectivity index (χ2n) is 8.95. The summed E-state index contributed by atoms with van der Waals surface area (Å²) in [4.78, 5) is 4.14. The summed E-state index contributed by atoms with van der Waals surface area (Å²) in [6.45, 7) is 2.24. The smallest absolute Gasteiger partial charge is 0.369 e. The van der Waals surface area contributed by atoms with E-state index in [1.807, 2.05) is 15.6 Å². The Balaban J connectivity index is 1.41. The molecule has 1 aliphatic heterocycles. The summed E-state index contributed by atoms with van der Waals surface area (Å²) in [7, 11) is 0. The van der Waals surface area contributed by atoms with Crippen molar-refractivity contribution in [3.8, 4) is 0 Å². The average molecular weight is 475 g/mol. The van der Waals surface area contributed by atoms with Gasteiger partial charge in [0, 0.05) is 31.9 Å². The molecular weight excluding hydrogens is 448 g/mol. The molecule has 0 radical (unpaired) electrons. The molecule has 1 saturated heterocycles. The van der Waals surface area contributed by atoms with E-state index in [0.717, 1.165) is 37.3 Å². The molecule has 0 unspecified atom stereocenters. The molecule has 5 rings (SSSR count). The van der Waals surface area contributed by atoms with Crippen molar-refractivity contribution >= 4 is 5.69 Å². The number of halogens is 4. The number of anilines is 1. The van der Waals surface area contributed by atoms with Crippen LogP contribution in [0.25, 0.3) is 0 Å². The van der Waals surface area contributed by atoms with Crippen LogP contribution in [0.5, 0.6) is 0 Å². The van der Waals surface area contributed by atoms with Crippen LogP contribution in [0.15, 0.2) is 48.5 Å². The maximum absolute atomic E-state index is 14.2. The van der Waals surface area contributed by atoms with Gasteiger partial charge in [0.2, 0.25) is 0 Å². The van der Waals surface area contributed by atoms with E-state index >= 15 is 0 Å². The first-order chi connectivity index (χ1) is 16.4. The summed E-state index contributed by atoms with van der Waals surface area (Å²) in [5, 5.41) is 12.6. The van der Waals surface area contributed by atoms with Crippen molar-refractivity contribution in [2.75, 3.05) is 31.1 Å². The number of aromatic nitrogens is 4. The molecule has 180 valence electrons. The molecule has 1 atom stereocenters. The van der Waals surface area contributed by atoms with E-state index < -0.39 is 11.7 Å². The molecule has 34 heavy (non-hydrogen) atoms. The number of alkyl halides is 3. The SMILES string of the molecule is Fc1cccc([C@H](c2nnnn2C2CCCC2)N2CCN(c3cccc(C(F)(F)F)c3)CC2)c1. The first-order valence-electron chi connectivity index (χ1n) is 11.6. The third kappa shape index (κ3) is 4.64. The maximum atomic E-state index is 14.2.